The first kappa shape index (κ1) is 12.9. The first-order chi connectivity index (χ1) is 8.80. The smallest absolute Gasteiger partial charge is 0.0990 e. The Morgan fingerprint density at radius 2 is 2.11 bits per heavy atom. The van der Waals surface area contributed by atoms with Crippen LogP contribution in [-0.4, -0.2) is 50.0 Å². The topological polar surface area (TPSA) is 25.0 Å². The molecule has 0 saturated carbocycles. The highest BCUT2D eigenvalue weighted by Crippen LogP contribution is 2.45. The van der Waals surface area contributed by atoms with Gasteiger partial charge in [0.05, 0.1) is 18.8 Å². The normalized spacial score (nSPS) is 38.2. The quantitative estimate of drug-likeness (QED) is 0.703. The Morgan fingerprint density at radius 1 is 1.33 bits per heavy atom. The molecule has 3 heteroatoms. The molecule has 0 aliphatic carbocycles. The zero-order chi connectivity index (χ0) is 12.4. The highest BCUT2D eigenvalue weighted by Gasteiger charge is 2.54. The van der Waals surface area contributed by atoms with Gasteiger partial charge >= 0.3 is 0 Å². The SMILES string of the molecule is CC(CCCN1CCCC1)[C@H]1COCC[C@]12CO2. The summed E-state index contributed by atoms with van der Waals surface area (Å²) in [6.07, 6.45) is 6.60. The van der Waals surface area contributed by atoms with E-state index < -0.39 is 0 Å². The molecule has 3 heterocycles. The zero-order valence-corrected chi connectivity index (χ0v) is 11.7. The molecule has 3 rings (SSSR count). The second kappa shape index (κ2) is 5.48. The van der Waals surface area contributed by atoms with Gasteiger partial charge in [0.1, 0.15) is 0 Å². The molecule has 3 saturated heterocycles. The lowest BCUT2D eigenvalue weighted by molar-refractivity contribution is -0.0238. The van der Waals surface area contributed by atoms with E-state index in [2.05, 4.69) is 11.8 Å². The predicted octanol–water partition coefficient (Wildman–Crippen LogP) is 2.30. The maximum absolute atomic E-state index is 5.76. The molecule has 0 aromatic heterocycles. The largest absolute Gasteiger partial charge is 0.381 e. The van der Waals surface area contributed by atoms with E-state index in [1.807, 2.05) is 0 Å². The van der Waals surface area contributed by atoms with Crippen LogP contribution in [0.5, 0.6) is 0 Å². The minimum absolute atomic E-state index is 0.227. The van der Waals surface area contributed by atoms with Crippen molar-refractivity contribution in [2.75, 3.05) is 39.5 Å². The van der Waals surface area contributed by atoms with Crippen molar-refractivity contribution < 1.29 is 9.47 Å². The fourth-order valence-corrected chi connectivity index (χ4v) is 3.77. The van der Waals surface area contributed by atoms with E-state index in [1.54, 1.807) is 0 Å². The highest BCUT2D eigenvalue weighted by molar-refractivity contribution is 5.01. The van der Waals surface area contributed by atoms with Gasteiger partial charge in [-0.1, -0.05) is 6.92 Å². The molecule has 3 aliphatic heterocycles. The van der Waals surface area contributed by atoms with Crippen molar-refractivity contribution in [2.24, 2.45) is 11.8 Å². The van der Waals surface area contributed by atoms with Crippen LogP contribution >= 0.6 is 0 Å². The highest BCUT2D eigenvalue weighted by atomic mass is 16.6. The molecule has 3 nitrogen and oxygen atoms in total. The van der Waals surface area contributed by atoms with Crippen LogP contribution < -0.4 is 0 Å². The third-order valence-corrected chi connectivity index (χ3v) is 5.18. The van der Waals surface area contributed by atoms with Gasteiger partial charge in [0, 0.05) is 18.9 Å². The van der Waals surface area contributed by atoms with Crippen LogP contribution in [-0.2, 0) is 9.47 Å². The molecule has 0 N–H and O–H groups in total. The molecule has 1 spiro atoms. The lowest BCUT2D eigenvalue weighted by Gasteiger charge is -2.33. The van der Waals surface area contributed by atoms with E-state index in [0.717, 1.165) is 32.2 Å². The second-order valence-corrected chi connectivity index (χ2v) is 6.45. The molecule has 1 unspecified atom stereocenters. The number of hydrogen-bond donors (Lipinski definition) is 0. The van der Waals surface area contributed by atoms with Crippen LogP contribution in [0.2, 0.25) is 0 Å². The molecular weight excluding hydrogens is 226 g/mol. The number of hydrogen-bond acceptors (Lipinski definition) is 3. The Labute approximate surface area is 111 Å². The van der Waals surface area contributed by atoms with E-state index in [4.69, 9.17) is 9.47 Å². The second-order valence-electron chi connectivity index (χ2n) is 6.45. The van der Waals surface area contributed by atoms with Crippen LogP contribution in [0, 0.1) is 11.8 Å². The van der Waals surface area contributed by atoms with Gasteiger partial charge in [-0.2, -0.15) is 0 Å². The number of rotatable bonds is 5. The number of likely N-dealkylation sites (tertiary alicyclic amines) is 1. The van der Waals surface area contributed by atoms with Crippen LogP contribution in [0.25, 0.3) is 0 Å². The Balaban J connectivity index is 1.41. The molecule has 0 amide bonds. The summed E-state index contributed by atoms with van der Waals surface area (Å²) in [5.74, 6) is 1.39. The fraction of sp³-hybridized carbons (Fsp3) is 1.00. The molecule has 3 aliphatic rings. The van der Waals surface area contributed by atoms with Crippen molar-refractivity contribution in [3.63, 3.8) is 0 Å². The summed E-state index contributed by atoms with van der Waals surface area (Å²) in [5, 5.41) is 0. The Morgan fingerprint density at radius 3 is 2.83 bits per heavy atom. The summed E-state index contributed by atoms with van der Waals surface area (Å²) in [5.41, 5.74) is 0.227. The molecule has 0 radical (unpaired) electrons. The van der Waals surface area contributed by atoms with E-state index in [1.165, 1.54) is 45.3 Å². The van der Waals surface area contributed by atoms with Gasteiger partial charge in [0.25, 0.3) is 0 Å². The Kier molecular flexibility index (Phi) is 3.92. The van der Waals surface area contributed by atoms with Gasteiger partial charge in [-0.05, 0) is 51.2 Å². The molecule has 3 fully saturated rings. The molecule has 104 valence electrons. The fourth-order valence-electron chi connectivity index (χ4n) is 3.77. The number of ether oxygens (including phenoxy) is 2. The lowest BCUT2D eigenvalue weighted by atomic mass is 9.78. The third-order valence-electron chi connectivity index (χ3n) is 5.18. The zero-order valence-electron chi connectivity index (χ0n) is 11.7. The molecule has 18 heavy (non-hydrogen) atoms. The van der Waals surface area contributed by atoms with E-state index >= 15 is 0 Å². The monoisotopic (exact) mass is 253 g/mol. The molecule has 0 aromatic carbocycles. The predicted molar refractivity (Wildman–Crippen MR) is 71.7 cm³/mol. The summed E-state index contributed by atoms with van der Waals surface area (Å²) in [6, 6.07) is 0. The molecule has 0 bridgehead atoms. The Bertz CT molecular complexity index is 272. The van der Waals surface area contributed by atoms with Gasteiger partial charge in [-0.15, -0.1) is 0 Å². The third kappa shape index (κ3) is 2.73. The molecule has 0 aromatic rings. The molecule has 3 atom stereocenters. The van der Waals surface area contributed by atoms with Crippen LogP contribution in [0.15, 0.2) is 0 Å². The summed E-state index contributed by atoms with van der Waals surface area (Å²) >= 11 is 0. The van der Waals surface area contributed by atoms with Crippen molar-refractivity contribution in [3.8, 4) is 0 Å². The van der Waals surface area contributed by atoms with Gasteiger partial charge < -0.3 is 14.4 Å². The average Bonchev–Trinajstić information content (AvgIpc) is 2.93. The van der Waals surface area contributed by atoms with E-state index in [0.29, 0.717) is 5.92 Å². The summed E-state index contributed by atoms with van der Waals surface area (Å²) in [6.45, 7) is 9.15. The summed E-state index contributed by atoms with van der Waals surface area (Å²) in [4.78, 5) is 2.62. The maximum atomic E-state index is 5.76. The van der Waals surface area contributed by atoms with Crippen molar-refractivity contribution in [3.05, 3.63) is 0 Å². The van der Waals surface area contributed by atoms with Crippen LogP contribution in [0.4, 0.5) is 0 Å². The lowest BCUT2D eigenvalue weighted by Crippen LogP contribution is -2.39. The van der Waals surface area contributed by atoms with Crippen molar-refractivity contribution in [1.29, 1.82) is 0 Å². The van der Waals surface area contributed by atoms with Crippen molar-refractivity contribution in [2.45, 2.75) is 44.6 Å². The van der Waals surface area contributed by atoms with Gasteiger partial charge in [0.2, 0.25) is 0 Å². The Hall–Kier alpha value is -0.120. The average molecular weight is 253 g/mol. The van der Waals surface area contributed by atoms with Gasteiger partial charge in [0.15, 0.2) is 0 Å². The number of nitrogens with zero attached hydrogens (tertiary/aromatic N) is 1. The minimum atomic E-state index is 0.227. The first-order valence-electron chi connectivity index (χ1n) is 7.74. The van der Waals surface area contributed by atoms with Gasteiger partial charge in [-0.3, -0.25) is 0 Å². The molecular formula is C15H27NO2. The minimum Gasteiger partial charge on any atom is -0.381 e. The van der Waals surface area contributed by atoms with E-state index in [9.17, 15) is 0 Å². The van der Waals surface area contributed by atoms with Crippen LogP contribution in [0.3, 0.4) is 0 Å². The summed E-state index contributed by atoms with van der Waals surface area (Å²) < 4.78 is 11.4. The van der Waals surface area contributed by atoms with Crippen LogP contribution in [0.1, 0.15) is 39.0 Å². The van der Waals surface area contributed by atoms with Gasteiger partial charge in [-0.25, -0.2) is 0 Å². The van der Waals surface area contributed by atoms with E-state index in [-0.39, 0.29) is 5.60 Å². The first-order valence-corrected chi connectivity index (χ1v) is 7.74. The summed E-state index contributed by atoms with van der Waals surface area (Å²) in [7, 11) is 0. The number of epoxide rings is 1. The van der Waals surface area contributed by atoms with Crippen molar-refractivity contribution >= 4 is 0 Å². The standard InChI is InChI=1S/C15H27NO2/c1-13(5-4-9-16-7-2-3-8-16)14-11-17-10-6-15(14)12-18-15/h13-14H,2-12H2,1H3/t13?,14-,15+/m1/s1. The van der Waals surface area contributed by atoms with Crippen molar-refractivity contribution in [1.82, 2.24) is 4.90 Å². The maximum Gasteiger partial charge on any atom is 0.0990 e.